The second kappa shape index (κ2) is 12.1. The van der Waals surface area contributed by atoms with Gasteiger partial charge in [0.1, 0.15) is 11.9 Å². The van der Waals surface area contributed by atoms with Crippen molar-refractivity contribution in [2.45, 2.75) is 45.4 Å². The van der Waals surface area contributed by atoms with Crippen molar-refractivity contribution in [3.05, 3.63) is 53.8 Å². The zero-order valence-corrected chi connectivity index (χ0v) is 21.2. The smallest absolute Gasteiger partial charge is 0.414 e. The summed E-state index contributed by atoms with van der Waals surface area (Å²) in [6.07, 6.45) is 0.444. The van der Waals surface area contributed by atoms with Gasteiger partial charge in [-0.25, -0.2) is 14.0 Å². The number of halogens is 1. The summed E-state index contributed by atoms with van der Waals surface area (Å²) in [7, 11) is 0. The van der Waals surface area contributed by atoms with Crippen LogP contribution in [0.5, 0.6) is 0 Å². The Morgan fingerprint density at radius 3 is 2.51 bits per heavy atom. The number of carbonyl (C=O) groups excluding carboxylic acids is 3. The maximum absolute atomic E-state index is 15.0. The zero-order valence-electron chi connectivity index (χ0n) is 21.2. The minimum Gasteiger partial charge on any atom is -0.450 e. The van der Waals surface area contributed by atoms with Crippen LogP contribution >= 0.6 is 0 Å². The molecule has 0 saturated carbocycles. The zero-order chi connectivity index (χ0) is 26.4. The van der Waals surface area contributed by atoms with E-state index in [1.54, 1.807) is 24.0 Å². The fraction of sp³-hybridized carbons (Fsp3) is 0.444. The average molecular weight is 513 g/mol. The molecule has 2 aliphatic heterocycles. The Balaban J connectivity index is 1.30. The van der Waals surface area contributed by atoms with Gasteiger partial charge in [-0.05, 0) is 49.1 Å². The number of likely N-dealkylation sites (tertiary alicyclic amines) is 1. The highest BCUT2D eigenvalue weighted by atomic mass is 19.1. The second-order valence-corrected chi connectivity index (χ2v) is 9.26. The summed E-state index contributed by atoms with van der Waals surface area (Å²) < 4.78 is 25.3. The van der Waals surface area contributed by atoms with Crippen LogP contribution in [0.4, 0.5) is 19.7 Å². The lowest BCUT2D eigenvalue weighted by molar-refractivity contribution is -0.119. The predicted octanol–water partition coefficient (Wildman–Crippen LogP) is 3.66. The van der Waals surface area contributed by atoms with Crippen LogP contribution in [0.25, 0.3) is 11.1 Å². The number of nitrogens with zero attached hydrogens (tertiary/aromatic N) is 2. The van der Waals surface area contributed by atoms with Crippen molar-refractivity contribution in [1.82, 2.24) is 15.5 Å². The summed E-state index contributed by atoms with van der Waals surface area (Å²) in [5.74, 6) is -0.641. The molecule has 0 aromatic heterocycles. The van der Waals surface area contributed by atoms with Gasteiger partial charge < -0.3 is 25.0 Å². The van der Waals surface area contributed by atoms with Gasteiger partial charge in [0.15, 0.2) is 0 Å². The average Bonchev–Trinajstić information content (AvgIpc) is 3.27. The molecule has 2 fully saturated rings. The number of benzene rings is 2. The first-order valence-corrected chi connectivity index (χ1v) is 12.6. The van der Waals surface area contributed by atoms with Gasteiger partial charge in [0, 0.05) is 38.2 Å². The normalized spacial score (nSPS) is 18.0. The number of piperidine rings is 1. The van der Waals surface area contributed by atoms with Gasteiger partial charge in [-0.3, -0.25) is 9.69 Å². The molecule has 10 heteroatoms. The van der Waals surface area contributed by atoms with Crippen LogP contribution in [0.3, 0.4) is 0 Å². The number of ether oxygens (including phenoxy) is 2. The minimum absolute atomic E-state index is 0.206. The molecule has 1 unspecified atom stereocenters. The molecule has 2 N–H and O–H groups in total. The Kier molecular flexibility index (Phi) is 8.60. The Hall–Kier alpha value is -3.66. The highest BCUT2D eigenvalue weighted by Crippen LogP contribution is 2.29. The van der Waals surface area contributed by atoms with E-state index in [1.165, 1.54) is 17.9 Å². The molecular formula is C27H33FN4O5. The van der Waals surface area contributed by atoms with Gasteiger partial charge in [0.2, 0.25) is 5.91 Å². The first-order chi connectivity index (χ1) is 17.8. The van der Waals surface area contributed by atoms with Crippen molar-refractivity contribution in [3.8, 4) is 11.1 Å². The van der Waals surface area contributed by atoms with Gasteiger partial charge >= 0.3 is 12.2 Å². The van der Waals surface area contributed by atoms with E-state index in [4.69, 9.17) is 9.47 Å². The monoisotopic (exact) mass is 512 g/mol. The lowest BCUT2D eigenvalue weighted by Crippen LogP contribution is -2.44. The number of hydrogen-bond donors (Lipinski definition) is 2. The van der Waals surface area contributed by atoms with Gasteiger partial charge in [-0.1, -0.05) is 24.3 Å². The molecule has 0 spiro atoms. The number of nitrogens with one attached hydrogen (secondary N) is 2. The van der Waals surface area contributed by atoms with E-state index < -0.39 is 18.0 Å². The number of hydrogen-bond acceptors (Lipinski definition) is 6. The first kappa shape index (κ1) is 26.4. The fourth-order valence-electron chi connectivity index (χ4n) is 4.55. The summed E-state index contributed by atoms with van der Waals surface area (Å²) in [6, 6.07) is 12.7. The van der Waals surface area contributed by atoms with Crippen molar-refractivity contribution in [2.24, 2.45) is 0 Å². The van der Waals surface area contributed by atoms with E-state index >= 15 is 4.39 Å². The quantitative estimate of drug-likeness (QED) is 0.560. The molecule has 1 atom stereocenters. The molecular weight excluding hydrogens is 479 g/mol. The summed E-state index contributed by atoms with van der Waals surface area (Å²) in [5.41, 5.74) is 2.67. The Morgan fingerprint density at radius 1 is 1.14 bits per heavy atom. The van der Waals surface area contributed by atoms with Crippen LogP contribution in [-0.2, 0) is 20.8 Å². The summed E-state index contributed by atoms with van der Waals surface area (Å²) >= 11 is 0. The molecule has 0 aliphatic carbocycles. The molecule has 2 heterocycles. The summed E-state index contributed by atoms with van der Waals surface area (Å²) in [5, 5.41) is 6.16. The third-order valence-corrected chi connectivity index (χ3v) is 6.60. The van der Waals surface area contributed by atoms with E-state index in [2.05, 4.69) is 10.6 Å². The van der Waals surface area contributed by atoms with Crippen molar-refractivity contribution >= 4 is 23.8 Å². The minimum atomic E-state index is -0.564. The molecule has 198 valence electrons. The maximum atomic E-state index is 15.0. The van der Waals surface area contributed by atoms with Gasteiger partial charge in [0.25, 0.3) is 0 Å². The third-order valence-electron chi connectivity index (χ3n) is 6.60. The SMILES string of the molecule is CCOC(=O)N1CCC(NCc2ccc(-c3ccc(N4CC(CNC(C)=O)OC4=O)cc3F)cc2)CC1. The Bertz CT molecular complexity index is 1120. The van der Waals surface area contributed by atoms with Crippen LogP contribution in [0, 0.1) is 5.82 Å². The number of carbonyl (C=O) groups is 3. The van der Waals surface area contributed by atoms with Crippen LogP contribution in [0.15, 0.2) is 42.5 Å². The van der Waals surface area contributed by atoms with E-state index in [9.17, 15) is 14.4 Å². The molecule has 37 heavy (non-hydrogen) atoms. The number of anilines is 1. The molecule has 2 saturated heterocycles. The van der Waals surface area contributed by atoms with Crippen molar-refractivity contribution in [1.29, 1.82) is 0 Å². The standard InChI is InChI=1S/C27H33FN4O5/c1-3-36-26(34)31-12-10-21(11-13-31)30-15-19-4-6-20(7-5-19)24-9-8-22(14-25(24)28)32-17-23(37-27(32)35)16-29-18(2)33/h4-9,14,21,23,30H,3,10-13,15-17H2,1-2H3,(H,29,33). The molecule has 9 nitrogen and oxygen atoms in total. The van der Waals surface area contributed by atoms with Crippen molar-refractivity contribution in [3.63, 3.8) is 0 Å². The molecule has 2 aromatic rings. The Labute approximate surface area is 215 Å². The van der Waals surface area contributed by atoms with E-state index in [0.29, 0.717) is 43.5 Å². The maximum Gasteiger partial charge on any atom is 0.414 e. The highest BCUT2D eigenvalue weighted by Gasteiger charge is 2.32. The molecule has 2 aliphatic rings. The second-order valence-electron chi connectivity index (χ2n) is 9.26. The third kappa shape index (κ3) is 6.76. The van der Waals surface area contributed by atoms with Gasteiger partial charge in [0.05, 0.1) is 25.4 Å². The number of rotatable bonds is 8. The van der Waals surface area contributed by atoms with E-state index in [0.717, 1.165) is 24.0 Å². The Morgan fingerprint density at radius 2 is 1.86 bits per heavy atom. The molecule has 4 rings (SSSR count). The lowest BCUT2D eigenvalue weighted by Gasteiger charge is -2.31. The predicted molar refractivity (Wildman–Crippen MR) is 137 cm³/mol. The van der Waals surface area contributed by atoms with Gasteiger partial charge in [-0.2, -0.15) is 0 Å². The first-order valence-electron chi connectivity index (χ1n) is 12.6. The van der Waals surface area contributed by atoms with E-state index in [1.807, 2.05) is 24.3 Å². The topological polar surface area (TPSA) is 100 Å². The van der Waals surface area contributed by atoms with Crippen molar-refractivity contribution in [2.75, 3.05) is 37.7 Å². The fourth-order valence-corrected chi connectivity index (χ4v) is 4.55. The van der Waals surface area contributed by atoms with Crippen LogP contribution in [0.1, 0.15) is 32.3 Å². The summed E-state index contributed by atoms with van der Waals surface area (Å²) in [4.78, 5) is 38.3. The lowest BCUT2D eigenvalue weighted by atomic mass is 10.0. The van der Waals surface area contributed by atoms with E-state index in [-0.39, 0.29) is 25.1 Å². The van der Waals surface area contributed by atoms with Crippen LogP contribution < -0.4 is 15.5 Å². The summed E-state index contributed by atoms with van der Waals surface area (Å²) in [6.45, 7) is 6.07. The van der Waals surface area contributed by atoms with Crippen LogP contribution in [0.2, 0.25) is 0 Å². The van der Waals surface area contributed by atoms with Crippen LogP contribution in [-0.4, -0.2) is 67.9 Å². The van der Waals surface area contributed by atoms with Gasteiger partial charge in [-0.15, -0.1) is 0 Å². The largest absolute Gasteiger partial charge is 0.450 e. The molecule has 0 radical (unpaired) electrons. The number of amides is 3. The molecule has 0 bridgehead atoms. The van der Waals surface area contributed by atoms with Crippen molar-refractivity contribution < 1.29 is 28.2 Å². The number of cyclic esters (lactones) is 1. The highest BCUT2D eigenvalue weighted by molar-refractivity contribution is 5.90. The molecule has 3 amide bonds. The molecule has 2 aromatic carbocycles.